The number of thiazole rings is 1. The Kier molecular flexibility index (Phi) is 3.38. The SMILES string of the molecule is COC1(C(N)Cc2cncs2)CCCC1. The average Bonchev–Trinajstić information content (AvgIpc) is 2.87. The number of aromatic nitrogens is 1. The minimum Gasteiger partial charge on any atom is -0.377 e. The van der Waals surface area contributed by atoms with Gasteiger partial charge in [0.25, 0.3) is 0 Å². The van der Waals surface area contributed by atoms with Crippen LogP contribution in [0.1, 0.15) is 30.6 Å². The van der Waals surface area contributed by atoms with Gasteiger partial charge in [0, 0.05) is 30.6 Å². The van der Waals surface area contributed by atoms with Crippen LogP contribution in [0.4, 0.5) is 0 Å². The van der Waals surface area contributed by atoms with Gasteiger partial charge in [-0.05, 0) is 12.8 Å². The molecule has 2 N–H and O–H groups in total. The van der Waals surface area contributed by atoms with Crippen LogP contribution in [0.15, 0.2) is 11.7 Å². The summed E-state index contributed by atoms with van der Waals surface area (Å²) in [6, 6.07) is 0.102. The minimum atomic E-state index is -0.0794. The van der Waals surface area contributed by atoms with E-state index in [4.69, 9.17) is 10.5 Å². The summed E-state index contributed by atoms with van der Waals surface area (Å²) in [6.45, 7) is 0. The predicted octanol–water partition coefficient (Wildman–Crippen LogP) is 1.97. The number of nitrogens with two attached hydrogens (primary N) is 1. The molecule has 1 fully saturated rings. The van der Waals surface area contributed by atoms with Gasteiger partial charge in [0.1, 0.15) is 0 Å². The maximum atomic E-state index is 6.27. The standard InChI is InChI=1S/C11H18N2OS/c1-14-11(4-2-3-5-11)10(12)6-9-7-13-8-15-9/h7-8,10H,2-6,12H2,1H3. The van der Waals surface area contributed by atoms with Gasteiger partial charge in [-0.2, -0.15) is 0 Å². The minimum absolute atomic E-state index is 0.0794. The third-order valence-electron chi connectivity index (χ3n) is 3.44. The van der Waals surface area contributed by atoms with Gasteiger partial charge in [-0.3, -0.25) is 4.98 Å². The van der Waals surface area contributed by atoms with Crippen LogP contribution in [0, 0.1) is 0 Å². The monoisotopic (exact) mass is 226 g/mol. The number of hydrogen-bond acceptors (Lipinski definition) is 4. The third-order valence-corrected chi connectivity index (χ3v) is 4.24. The molecule has 3 nitrogen and oxygen atoms in total. The molecule has 0 amide bonds. The molecule has 2 rings (SSSR count). The number of rotatable bonds is 4. The van der Waals surface area contributed by atoms with Crippen molar-refractivity contribution in [1.29, 1.82) is 0 Å². The van der Waals surface area contributed by atoms with Gasteiger partial charge < -0.3 is 10.5 Å². The Balaban J connectivity index is 2.02. The van der Waals surface area contributed by atoms with Crippen LogP contribution in [-0.2, 0) is 11.2 Å². The first-order valence-corrected chi connectivity index (χ1v) is 6.33. The number of methoxy groups -OCH3 is 1. The molecule has 84 valence electrons. The van der Waals surface area contributed by atoms with Gasteiger partial charge in [0.15, 0.2) is 0 Å². The van der Waals surface area contributed by atoms with E-state index in [1.54, 1.807) is 18.4 Å². The zero-order valence-corrected chi connectivity index (χ0v) is 9.93. The Morgan fingerprint density at radius 2 is 2.33 bits per heavy atom. The van der Waals surface area contributed by atoms with Gasteiger partial charge in [0.2, 0.25) is 0 Å². The van der Waals surface area contributed by atoms with Crippen LogP contribution in [0.5, 0.6) is 0 Å². The fraction of sp³-hybridized carbons (Fsp3) is 0.727. The van der Waals surface area contributed by atoms with E-state index < -0.39 is 0 Å². The summed E-state index contributed by atoms with van der Waals surface area (Å²) in [6.07, 6.45) is 7.47. The van der Waals surface area contributed by atoms with Gasteiger partial charge in [-0.25, -0.2) is 0 Å². The molecule has 0 radical (unpaired) electrons. The Morgan fingerprint density at radius 3 is 2.87 bits per heavy atom. The van der Waals surface area contributed by atoms with Crippen molar-refractivity contribution in [2.24, 2.45) is 5.73 Å². The predicted molar refractivity (Wildman–Crippen MR) is 62.0 cm³/mol. The quantitative estimate of drug-likeness (QED) is 0.854. The lowest BCUT2D eigenvalue weighted by Crippen LogP contribution is -2.48. The summed E-state index contributed by atoms with van der Waals surface area (Å²) in [5.74, 6) is 0. The van der Waals surface area contributed by atoms with Gasteiger partial charge >= 0.3 is 0 Å². The maximum absolute atomic E-state index is 6.27. The van der Waals surface area contributed by atoms with Crippen LogP contribution >= 0.6 is 11.3 Å². The van der Waals surface area contributed by atoms with E-state index in [1.165, 1.54) is 17.7 Å². The summed E-state index contributed by atoms with van der Waals surface area (Å²) >= 11 is 1.67. The molecule has 0 spiro atoms. The second kappa shape index (κ2) is 4.60. The van der Waals surface area contributed by atoms with Crippen LogP contribution in [0.3, 0.4) is 0 Å². The van der Waals surface area contributed by atoms with E-state index in [-0.39, 0.29) is 11.6 Å². The van der Waals surface area contributed by atoms with Crippen LogP contribution < -0.4 is 5.73 Å². The lowest BCUT2D eigenvalue weighted by molar-refractivity contribution is -0.0251. The number of ether oxygens (including phenoxy) is 1. The van der Waals surface area contributed by atoms with Gasteiger partial charge in [-0.1, -0.05) is 12.8 Å². The molecule has 15 heavy (non-hydrogen) atoms. The molecule has 4 heteroatoms. The zero-order valence-electron chi connectivity index (χ0n) is 9.11. The number of nitrogens with zero attached hydrogens (tertiary/aromatic N) is 1. The van der Waals surface area contributed by atoms with Crippen molar-refractivity contribution in [3.63, 3.8) is 0 Å². The first-order valence-electron chi connectivity index (χ1n) is 5.45. The van der Waals surface area contributed by atoms with Crippen molar-refractivity contribution in [2.45, 2.75) is 43.7 Å². The molecule has 1 atom stereocenters. The molecule has 1 aliphatic carbocycles. The molecule has 1 heterocycles. The molecule has 0 aliphatic heterocycles. The van der Waals surface area contributed by atoms with E-state index in [9.17, 15) is 0 Å². The number of hydrogen-bond donors (Lipinski definition) is 1. The molecule has 1 unspecified atom stereocenters. The smallest absolute Gasteiger partial charge is 0.0832 e. The fourth-order valence-corrected chi connectivity index (χ4v) is 3.10. The van der Waals surface area contributed by atoms with Crippen molar-refractivity contribution < 1.29 is 4.74 Å². The van der Waals surface area contributed by atoms with Gasteiger partial charge in [-0.15, -0.1) is 11.3 Å². The lowest BCUT2D eigenvalue weighted by atomic mass is 9.90. The first-order chi connectivity index (χ1) is 7.27. The molecule has 1 saturated carbocycles. The summed E-state index contributed by atoms with van der Waals surface area (Å²) in [5, 5.41) is 0. The Hall–Kier alpha value is -0.450. The second-order valence-corrected chi connectivity index (χ2v) is 5.23. The molecular formula is C11H18N2OS. The molecule has 1 aromatic heterocycles. The first kappa shape index (κ1) is 11.0. The van der Waals surface area contributed by atoms with Crippen molar-refractivity contribution in [1.82, 2.24) is 4.98 Å². The molecular weight excluding hydrogens is 208 g/mol. The highest BCUT2D eigenvalue weighted by atomic mass is 32.1. The van der Waals surface area contributed by atoms with E-state index >= 15 is 0 Å². The normalized spacial score (nSPS) is 21.7. The molecule has 0 aromatic carbocycles. The topological polar surface area (TPSA) is 48.1 Å². The van der Waals surface area contributed by atoms with E-state index in [0.29, 0.717) is 0 Å². The summed E-state index contributed by atoms with van der Waals surface area (Å²) < 4.78 is 5.67. The highest BCUT2D eigenvalue weighted by Gasteiger charge is 2.39. The molecule has 0 saturated heterocycles. The third kappa shape index (κ3) is 2.22. The zero-order chi connectivity index (χ0) is 10.7. The highest BCUT2D eigenvalue weighted by Crippen LogP contribution is 2.36. The Bertz CT molecular complexity index is 294. The summed E-state index contributed by atoms with van der Waals surface area (Å²) in [4.78, 5) is 5.33. The fourth-order valence-electron chi connectivity index (χ4n) is 2.45. The van der Waals surface area contributed by atoms with Crippen molar-refractivity contribution in [2.75, 3.05) is 7.11 Å². The molecule has 0 bridgehead atoms. The highest BCUT2D eigenvalue weighted by molar-refractivity contribution is 7.09. The summed E-state index contributed by atoms with van der Waals surface area (Å²) in [7, 11) is 1.79. The van der Waals surface area contributed by atoms with Crippen LogP contribution in [-0.4, -0.2) is 23.7 Å². The molecule has 1 aliphatic rings. The largest absolute Gasteiger partial charge is 0.377 e. The van der Waals surface area contributed by atoms with E-state index in [2.05, 4.69) is 4.98 Å². The van der Waals surface area contributed by atoms with Gasteiger partial charge in [0.05, 0.1) is 11.1 Å². The maximum Gasteiger partial charge on any atom is 0.0832 e. The Labute approximate surface area is 94.7 Å². The average molecular weight is 226 g/mol. The Morgan fingerprint density at radius 1 is 1.60 bits per heavy atom. The van der Waals surface area contributed by atoms with Crippen molar-refractivity contribution >= 4 is 11.3 Å². The van der Waals surface area contributed by atoms with Crippen LogP contribution in [0.2, 0.25) is 0 Å². The van der Waals surface area contributed by atoms with Crippen molar-refractivity contribution in [3.8, 4) is 0 Å². The summed E-state index contributed by atoms with van der Waals surface area (Å²) in [5.41, 5.74) is 8.05. The van der Waals surface area contributed by atoms with E-state index in [0.717, 1.165) is 19.3 Å². The lowest BCUT2D eigenvalue weighted by Gasteiger charge is -2.33. The van der Waals surface area contributed by atoms with Crippen LogP contribution in [0.25, 0.3) is 0 Å². The second-order valence-electron chi connectivity index (χ2n) is 4.25. The molecule has 1 aromatic rings. The van der Waals surface area contributed by atoms with E-state index in [1.807, 2.05) is 11.7 Å². The van der Waals surface area contributed by atoms with Crippen molar-refractivity contribution in [3.05, 3.63) is 16.6 Å².